The number of nitrogens with one attached hydrogen (secondary N) is 1. The third kappa shape index (κ3) is 5.10. The molecule has 0 bridgehead atoms. The van der Waals surface area contributed by atoms with Gasteiger partial charge in [0.15, 0.2) is 0 Å². The molecule has 0 aliphatic carbocycles. The van der Waals surface area contributed by atoms with Crippen LogP contribution in [0.15, 0.2) is 119 Å². The Kier molecular flexibility index (Phi) is 6.87. The molecule has 0 saturated carbocycles. The van der Waals surface area contributed by atoms with Crippen molar-refractivity contribution in [3.63, 3.8) is 0 Å². The van der Waals surface area contributed by atoms with Crippen LogP contribution < -0.4 is 5.43 Å². The van der Waals surface area contributed by atoms with Crippen LogP contribution in [0.2, 0.25) is 0 Å². The van der Waals surface area contributed by atoms with Crippen LogP contribution in [0.4, 0.5) is 0 Å². The first kappa shape index (κ1) is 22.8. The minimum Gasteiger partial charge on any atom is -0.339 e. The molecule has 5 heteroatoms. The fourth-order valence-corrected chi connectivity index (χ4v) is 4.59. The fourth-order valence-electron chi connectivity index (χ4n) is 4.33. The van der Waals surface area contributed by atoms with Gasteiger partial charge < -0.3 is 4.57 Å². The van der Waals surface area contributed by atoms with Crippen molar-refractivity contribution in [3.8, 4) is 22.4 Å². The number of nitrogens with zero attached hydrogens (tertiary/aromatic N) is 2. The molecule has 0 unspecified atom stereocenters. The first-order valence-electron chi connectivity index (χ1n) is 11.5. The molecule has 4 nitrogen and oxygen atoms in total. The zero-order valence-electron chi connectivity index (χ0n) is 19.1. The Labute approximate surface area is 213 Å². The summed E-state index contributed by atoms with van der Waals surface area (Å²) < 4.78 is 3.26. The van der Waals surface area contributed by atoms with Crippen LogP contribution in [-0.4, -0.2) is 16.7 Å². The van der Waals surface area contributed by atoms with Crippen molar-refractivity contribution in [2.75, 3.05) is 0 Å². The van der Waals surface area contributed by atoms with Gasteiger partial charge in [0.1, 0.15) is 0 Å². The molecule has 1 heterocycles. The molecule has 0 atom stereocenters. The molecule has 1 aromatic heterocycles. The number of aryl methyl sites for hydroxylation is 1. The standard InChI is InChI=1S/C30H24BrN3O/c31-25-17-15-22(16-18-25)21-32-33-28(35)19-20-34-27-14-8-7-13-26(27)29(23-9-3-1-4-10-23)30(34)24-11-5-2-6-12-24/h1-18,21H,19-20H2,(H,33,35)/b32-21-. The number of fused-ring (bicyclic) bond motifs is 1. The average molecular weight is 522 g/mol. The van der Waals surface area contributed by atoms with E-state index in [-0.39, 0.29) is 5.91 Å². The molecule has 1 amide bonds. The predicted octanol–water partition coefficient (Wildman–Crippen LogP) is 7.28. The summed E-state index contributed by atoms with van der Waals surface area (Å²) in [6.45, 7) is 0.539. The molecule has 5 rings (SSSR count). The number of aromatic nitrogens is 1. The van der Waals surface area contributed by atoms with Crippen molar-refractivity contribution in [2.45, 2.75) is 13.0 Å². The van der Waals surface area contributed by atoms with E-state index >= 15 is 0 Å². The highest BCUT2D eigenvalue weighted by Gasteiger charge is 2.20. The summed E-state index contributed by atoms with van der Waals surface area (Å²) in [4.78, 5) is 12.7. The molecule has 172 valence electrons. The highest BCUT2D eigenvalue weighted by atomic mass is 79.9. The Morgan fingerprint density at radius 2 is 1.43 bits per heavy atom. The van der Waals surface area contributed by atoms with Gasteiger partial charge in [-0.3, -0.25) is 4.79 Å². The summed E-state index contributed by atoms with van der Waals surface area (Å²) in [6, 6.07) is 37.0. The van der Waals surface area contributed by atoms with Gasteiger partial charge in [0, 0.05) is 33.9 Å². The second-order valence-corrected chi connectivity index (χ2v) is 9.13. The molecule has 1 N–H and O–H groups in total. The largest absolute Gasteiger partial charge is 0.339 e. The third-order valence-corrected chi connectivity index (χ3v) is 6.44. The number of hydrazone groups is 1. The second-order valence-electron chi connectivity index (χ2n) is 8.22. The minimum atomic E-state index is -0.128. The molecular weight excluding hydrogens is 498 g/mol. The number of carbonyl (C=O) groups excluding carboxylic acids is 1. The molecule has 35 heavy (non-hydrogen) atoms. The van der Waals surface area contributed by atoms with Gasteiger partial charge in [0.05, 0.1) is 11.9 Å². The van der Waals surface area contributed by atoms with E-state index in [9.17, 15) is 4.79 Å². The fraction of sp³-hybridized carbons (Fsp3) is 0.0667. The zero-order chi connectivity index (χ0) is 24.0. The summed E-state index contributed by atoms with van der Waals surface area (Å²) >= 11 is 3.42. The maximum Gasteiger partial charge on any atom is 0.241 e. The lowest BCUT2D eigenvalue weighted by Crippen LogP contribution is -2.19. The smallest absolute Gasteiger partial charge is 0.241 e. The Hall–Kier alpha value is -3.96. The van der Waals surface area contributed by atoms with E-state index in [0.717, 1.165) is 32.4 Å². The second kappa shape index (κ2) is 10.5. The van der Waals surface area contributed by atoms with Gasteiger partial charge in [-0.25, -0.2) is 5.43 Å². The summed E-state index contributed by atoms with van der Waals surface area (Å²) in [5.41, 5.74) is 9.27. The van der Waals surface area contributed by atoms with Crippen LogP contribution in [0.1, 0.15) is 12.0 Å². The molecular formula is C30H24BrN3O. The topological polar surface area (TPSA) is 46.4 Å². The van der Waals surface area contributed by atoms with E-state index in [1.165, 1.54) is 10.9 Å². The monoisotopic (exact) mass is 521 g/mol. The number of hydrogen-bond acceptors (Lipinski definition) is 2. The number of halogens is 1. The molecule has 0 spiro atoms. The molecule has 0 aliphatic heterocycles. The Morgan fingerprint density at radius 3 is 2.14 bits per heavy atom. The van der Waals surface area contributed by atoms with Crippen molar-refractivity contribution in [1.29, 1.82) is 0 Å². The quantitative estimate of drug-likeness (QED) is 0.177. The Balaban J connectivity index is 1.47. The first-order valence-corrected chi connectivity index (χ1v) is 12.3. The van der Waals surface area contributed by atoms with Crippen molar-refractivity contribution in [2.24, 2.45) is 5.10 Å². The van der Waals surface area contributed by atoms with E-state index in [2.05, 4.69) is 97.8 Å². The van der Waals surface area contributed by atoms with Crippen molar-refractivity contribution >= 4 is 39.0 Å². The van der Waals surface area contributed by atoms with Crippen LogP contribution >= 0.6 is 15.9 Å². The highest BCUT2D eigenvalue weighted by molar-refractivity contribution is 9.10. The summed E-state index contributed by atoms with van der Waals surface area (Å²) in [6.07, 6.45) is 1.96. The summed E-state index contributed by atoms with van der Waals surface area (Å²) in [7, 11) is 0. The predicted molar refractivity (Wildman–Crippen MR) is 147 cm³/mol. The van der Waals surface area contributed by atoms with Gasteiger partial charge in [-0.2, -0.15) is 5.10 Å². The van der Waals surface area contributed by atoms with Crippen LogP contribution in [0.5, 0.6) is 0 Å². The first-order chi connectivity index (χ1) is 17.2. The molecule has 0 fully saturated rings. The van der Waals surface area contributed by atoms with Gasteiger partial charge >= 0.3 is 0 Å². The molecule has 0 radical (unpaired) electrons. The van der Waals surface area contributed by atoms with Gasteiger partial charge in [-0.15, -0.1) is 0 Å². The van der Waals surface area contributed by atoms with Crippen molar-refractivity contribution in [1.82, 2.24) is 9.99 Å². The zero-order valence-corrected chi connectivity index (χ0v) is 20.7. The van der Waals surface area contributed by atoms with Crippen LogP contribution in [-0.2, 0) is 11.3 Å². The maximum atomic E-state index is 12.7. The van der Waals surface area contributed by atoms with Gasteiger partial charge in [-0.1, -0.05) is 107 Å². The Bertz CT molecular complexity index is 1470. The third-order valence-electron chi connectivity index (χ3n) is 5.92. The minimum absolute atomic E-state index is 0.128. The Morgan fingerprint density at radius 1 is 0.800 bits per heavy atom. The molecule has 0 aliphatic rings. The highest BCUT2D eigenvalue weighted by Crippen LogP contribution is 2.40. The number of carbonyl (C=O) groups is 1. The number of para-hydroxylation sites is 1. The summed E-state index contributed by atoms with van der Waals surface area (Å²) in [5, 5.41) is 5.30. The van der Waals surface area contributed by atoms with Crippen LogP contribution in [0, 0.1) is 0 Å². The molecule has 5 aromatic rings. The average Bonchev–Trinajstić information content (AvgIpc) is 3.24. The van der Waals surface area contributed by atoms with Crippen molar-refractivity contribution < 1.29 is 4.79 Å². The van der Waals surface area contributed by atoms with Crippen LogP contribution in [0.25, 0.3) is 33.3 Å². The number of amides is 1. The lowest BCUT2D eigenvalue weighted by molar-refractivity contribution is -0.121. The van der Waals surface area contributed by atoms with Crippen molar-refractivity contribution in [3.05, 3.63) is 119 Å². The van der Waals surface area contributed by atoms with Crippen LogP contribution in [0.3, 0.4) is 0 Å². The number of benzene rings is 4. The normalized spacial score (nSPS) is 11.2. The maximum absolute atomic E-state index is 12.7. The van der Waals surface area contributed by atoms with E-state index in [1.54, 1.807) is 6.21 Å². The van der Waals surface area contributed by atoms with Gasteiger partial charge in [0.2, 0.25) is 5.91 Å². The van der Waals surface area contributed by atoms with E-state index in [4.69, 9.17) is 0 Å². The molecule has 4 aromatic carbocycles. The number of rotatable bonds is 7. The lowest BCUT2D eigenvalue weighted by Gasteiger charge is -2.13. The van der Waals surface area contributed by atoms with Gasteiger partial charge in [0.25, 0.3) is 0 Å². The van der Waals surface area contributed by atoms with Gasteiger partial charge in [-0.05, 0) is 34.9 Å². The van der Waals surface area contributed by atoms with E-state index in [1.807, 2.05) is 42.5 Å². The summed E-state index contributed by atoms with van der Waals surface area (Å²) in [5.74, 6) is -0.128. The lowest BCUT2D eigenvalue weighted by atomic mass is 9.98. The number of hydrogen-bond donors (Lipinski definition) is 1. The SMILES string of the molecule is O=C(CCn1c(-c2ccccc2)c(-c2ccccc2)c2ccccc21)N/N=C\c1ccc(Br)cc1. The van der Waals surface area contributed by atoms with E-state index in [0.29, 0.717) is 13.0 Å². The van der Waals surface area contributed by atoms with E-state index < -0.39 is 0 Å². The molecule has 0 saturated heterocycles.